The highest BCUT2D eigenvalue weighted by atomic mass is 19.1. The van der Waals surface area contributed by atoms with Crippen molar-refractivity contribution in [3.63, 3.8) is 0 Å². The number of nitrogens with one attached hydrogen (secondary N) is 2. The maximum absolute atomic E-state index is 12.8. The van der Waals surface area contributed by atoms with Crippen molar-refractivity contribution >= 4 is 5.96 Å². The number of benzene rings is 1. The summed E-state index contributed by atoms with van der Waals surface area (Å²) in [4.78, 5) is 4.14. The molecule has 1 aromatic carbocycles. The number of halogens is 1. The minimum Gasteiger partial charge on any atom is -0.352 e. The molecule has 0 aliphatic carbocycles. The Morgan fingerprint density at radius 1 is 1.19 bits per heavy atom. The fourth-order valence-corrected chi connectivity index (χ4v) is 1.78. The molecule has 2 aromatic rings. The molecule has 0 saturated heterocycles. The number of aromatic nitrogens is 3. The van der Waals surface area contributed by atoms with E-state index in [1.807, 2.05) is 18.5 Å². The lowest BCUT2D eigenvalue weighted by Crippen LogP contribution is -2.36. The van der Waals surface area contributed by atoms with Crippen LogP contribution >= 0.6 is 0 Å². The smallest absolute Gasteiger partial charge is 0.191 e. The molecule has 21 heavy (non-hydrogen) atoms. The van der Waals surface area contributed by atoms with Gasteiger partial charge in [0.25, 0.3) is 0 Å². The Bertz CT molecular complexity index is 617. The van der Waals surface area contributed by atoms with Gasteiger partial charge in [-0.2, -0.15) is 0 Å². The van der Waals surface area contributed by atoms with Crippen LogP contribution in [-0.4, -0.2) is 27.8 Å². The van der Waals surface area contributed by atoms with E-state index in [9.17, 15) is 4.39 Å². The monoisotopic (exact) mass is 290 g/mol. The predicted octanol–water partition coefficient (Wildman–Crippen LogP) is 1.13. The van der Waals surface area contributed by atoms with Crippen LogP contribution in [0.15, 0.2) is 29.3 Å². The summed E-state index contributed by atoms with van der Waals surface area (Å²) in [5, 5.41) is 14.4. The van der Waals surface area contributed by atoms with Gasteiger partial charge in [-0.25, -0.2) is 4.39 Å². The van der Waals surface area contributed by atoms with Crippen molar-refractivity contribution in [1.29, 1.82) is 0 Å². The van der Waals surface area contributed by atoms with Gasteiger partial charge in [0.05, 0.1) is 6.54 Å². The number of aryl methyl sites for hydroxylation is 1. The highest BCUT2D eigenvalue weighted by Crippen LogP contribution is 2.02. The normalized spacial score (nSPS) is 11.5. The summed E-state index contributed by atoms with van der Waals surface area (Å²) >= 11 is 0. The fourth-order valence-electron chi connectivity index (χ4n) is 1.78. The quantitative estimate of drug-likeness (QED) is 0.654. The summed E-state index contributed by atoms with van der Waals surface area (Å²) in [6, 6.07) is 6.36. The van der Waals surface area contributed by atoms with Crippen LogP contribution in [0.2, 0.25) is 0 Å². The van der Waals surface area contributed by atoms with Crippen molar-refractivity contribution in [2.24, 2.45) is 12.0 Å². The average Bonchev–Trinajstić information content (AvgIpc) is 2.81. The first-order valence-corrected chi connectivity index (χ1v) is 6.64. The summed E-state index contributed by atoms with van der Waals surface area (Å²) in [5.41, 5.74) is 0.980. The Labute approximate surface area is 123 Å². The van der Waals surface area contributed by atoms with Gasteiger partial charge >= 0.3 is 0 Å². The molecule has 0 aliphatic rings. The number of rotatable bonds is 4. The maximum atomic E-state index is 12.8. The van der Waals surface area contributed by atoms with Crippen molar-refractivity contribution in [1.82, 2.24) is 25.4 Å². The zero-order valence-corrected chi connectivity index (χ0v) is 12.4. The van der Waals surface area contributed by atoms with Crippen LogP contribution in [0, 0.1) is 12.7 Å². The van der Waals surface area contributed by atoms with E-state index in [4.69, 9.17) is 0 Å². The van der Waals surface area contributed by atoms with Crippen LogP contribution in [0.4, 0.5) is 4.39 Å². The zero-order chi connectivity index (χ0) is 15.2. The molecule has 6 nitrogen and oxygen atoms in total. The van der Waals surface area contributed by atoms with Gasteiger partial charge in [0.15, 0.2) is 11.8 Å². The van der Waals surface area contributed by atoms with Crippen molar-refractivity contribution in [3.05, 3.63) is 47.3 Å². The van der Waals surface area contributed by atoms with Crippen LogP contribution in [0.3, 0.4) is 0 Å². The fraction of sp³-hybridized carbons (Fsp3) is 0.357. The van der Waals surface area contributed by atoms with Crippen molar-refractivity contribution in [2.45, 2.75) is 20.0 Å². The van der Waals surface area contributed by atoms with E-state index in [2.05, 4.69) is 25.8 Å². The molecule has 0 fully saturated rings. The van der Waals surface area contributed by atoms with Gasteiger partial charge < -0.3 is 15.2 Å². The largest absolute Gasteiger partial charge is 0.352 e. The summed E-state index contributed by atoms with van der Waals surface area (Å²) in [6.07, 6.45) is 0. The van der Waals surface area contributed by atoms with E-state index in [0.29, 0.717) is 19.0 Å². The average molecular weight is 290 g/mol. The standard InChI is InChI=1S/C14H19FN6/c1-10-19-20-13(21(10)3)9-18-14(16-2)17-8-11-4-6-12(15)7-5-11/h4-7H,8-9H2,1-3H3,(H2,16,17,18). The molecule has 0 spiro atoms. The molecule has 0 amide bonds. The topological polar surface area (TPSA) is 67.1 Å². The van der Waals surface area contributed by atoms with Gasteiger partial charge in [0.1, 0.15) is 11.6 Å². The van der Waals surface area contributed by atoms with Crippen LogP contribution < -0.4 is 10.6 Å². The molecule has 0 saturated carbocycles. The number of aliphatic imine (C=N–C) groups is 1. The second-order valence-corrected chi connectivity index (χ2v) is 4.63. The van der Waals surface area contributed by atoms with E-state index in [1.165, 1.54) is 12.1 Å². The Kier molecular flexibility index (Phi) is 4.86. The first kappa shape index (κ1) is 15.0. The van der Waals surface area contributed by atoms with Crippen molar-refractivity contribution in [3.8, 4) is 0 Å². The lowest BCUT2D eigenvalue weighted by molar-refractivity contribution is 0.626. The first-order chi connectivity index (χ1) is 10.1. The molecule has 0 bridgehead atoms. The molecule has 1 heterocycles. The summed E-state index contributed by atoms with van der Waals surface area (Å²) < 4.78 is 14.7. The third-order valence-corrected chi connectivity index (χ3v) is 3.19. The molecule has 2 N–H and O–H groups in total. The van der Waals surface area contributed by atoms with E-state index in [1.54, 1.807) is 19.2 Å². The number of hydrogen-bond donors (Lipinski definition) is 2. The molecule has 7 heteroatoms. The van der Waals surface area contributed by atoms with Gasteiger partial charge in [-0.3, -0.25) is 4.99 Å². The summed E-state index contributed by atoms with van der Waals surface area (Å²) in [7, 11) is 3.61. The molecule has 0 radical (unpaired) electrons. The van der Waals surface area contributed by atoms with Crippen LogP contribution in [-0.2, 0) is 20.1 Å². The van der Waals surface area contributed by atoms with Crippen molar-refractivity contribution in [2.75, 3.05) is 7.05 Å². The molecular formula is C14H19FN6. The van der Waals surface area contributed by atoms with E-state index in [0.717, 1.165) is 17.2 Å². The molecular weight excluding hydrogens is 271 g/mol. The Morgan fingerprint density at radius 2 is 1.86 bits per heavy atom. The van der Waals surface area contributed by atoms with Gasteiger partial charge in [-0.1, -0.05) is 12.1 Å². The number of hydrogen-bond acceptors (Lipinski definition) is 3. The highest BCUT2D eigenvalue weighted by Gasteiger charge is 2.05. The van der Waals surface area contributed by atoms with Gasteiger partial charge in [0.2, 0.25) is 0 Å². The predicted molar refractivity (Wildman–Crippen MR) is 79.2 cm³/mol. The SMILES string of the molecule is CN=C(NCc1ccc(F)cc1)NCc1nnc(C)n1C. The second-order valence-electron chi connectivity index (χ2n) is 4.63. The summed E-state index contributed by atoms with van der Waals surface area (Å²) in [6.45, 7) is 3.00. The minimum absolute atomic E-state index is 0.237. The molecule has 0 atom stereocenters. The maximum Gasteiger partial charge on any atom is 0.191 e. The van der Waals surface area contributed by atoms with Gasteiger partial charge in [0, 0.05) is 20.6 Å². The Morgan fingerprint density at radius 3 is 2.43 bits per heavy atom. The van der Waals surface area contributed by atoms with E-state index in [-0.39, 0.29) is 5.82 Å². The van der Waals surface area contributed by atoms with Crippen molar-refractivity contribution < 1.29 is 4.39 Å². The molecule has 2 rings (SSSR count). The molecule has 1 aromatic heterocycles. The van der Waals surface area contributed by atoms with E-state index >= 15 is 0 Å². The minimum atomic E-state index is -0.237. The third-order valence-electron chi connectivity index (χ3n) is 3.19. The lowest BCUT2D eigenvalue weighted by atomic mass is 10.2. The van der Waals surface area contributed by atoms with Crippen LogP contribution in [0.25, 0.3) is 0 Å². The first-order valence-electron chi connectivity index (χ1n) is 6.64. The molecule has 0 aliphatic heterocycles. The number of nitrogens with zero attached hydrogens (tertiary/aromatic N) is 4. The highest BCUT2D eigenvalue weighted by molar-refractivity contribution is 5.79. The second kappa shape index (κ2) is 6.83. The van der Waals surface area contributed by atoms with Gasteiger partial charge in [-0.15, -0.1) is 10.2 Å². The van der Waals surface area contributed by atoms with Crippen LogP contribution in [0.1, 0.15) is 17.2 Å². The number of guanidine groups is 1. The van der Waals surface area contributed by atoms with Gasteiger partial charge in [-0.05, 0) is 24.6 Å². The van der Waals surface area contributed by atoms with Crippen LogP contribution in [0.5, 0.6) is 0 Å². The van der Waals surface area contributed by atoms with E-state index < -0.39 is 0 Å². The molecule has 112 valence electrons. The summed E-state index contributed by atoms with van der Waals surface area (Å²) in [5.74, 6) is 2.11. The lowest BCUT2D eigenvalue weighted by Gasteiger charge is -2.11. The molecule has 0 unspecified atom stereocenters. The third kappa shape index (κ3) is 4.01. The Balaban J connectivity index is 1.86. The zero-order valence-electron chi connectivity index (χ0n) is 12.4. The Hall–Kier alpha value is -2.44.